The van der Waals surface area contributed by atoms with Crippen molar-refractivity contribution in [3.63, 3.8) is 0 Å². The fraction of sp³-hybridized carbons (Fsp3) is 0.500. The SMILES string of the molecule is CC(C)COC(=O)Nc1ccnc(=O)n1[C@@H]1O[C@H](COC(=O)CCCCC(=O)Nc2ccccc2)[C@@H](O)C1(F)F. The molecule has 12 nitrogen and oxygen atoms in total. The summed E-state index contributed by atoms with van der Waals surface area (Å²) in [4.78, 5) is 52.0. The predicted octanol–water partition coefficient (Wildman–Crippen LogP) is 3.08. The van der Waals surface area contributed by atoms with E-state index in [1.807, 2.05) is 6.07 Å². The first-order valence-corrected chi connectivity index (χ1v) is 12.7. The number of carbonyl (C=O) groups excluding carboxylic acids is 3. The molecule has 0 unspecified atom stereocenters. The van der Waals surface area contributed by atoms with Gasteiger partial charge in [-0.3, -0.25) is 14.9 Å². The third-order valence-corrected chi connectivity index (χ3v) is 5.78. The Morgan fingerprint density at radius 1 is 1.10 bits per heavy atom. The summed E-state index contributed by atoms with van der Waals surface area (Å²) in [6.07, 6.45) is -5.67. The van der Waals surface area contributed by atoms with Crippen molar-refractivity contribution in [3.05, 3.63) is 53.1 Å². The average Bonchev–Trinajstić information content (AvgIpc) is 3.12. The largest absolute Gasteiger partial charge is 0.463 e. The molecule has 1 aliphatic heterocycles. The molecule has 3 N–H and O–H groups in total. The quantitative estimate of drug-likeness (QED) is 0.259. The van der Waals surface area contributed by atoms with Crippen molar-refractivity contribution in [2.24, 2.45) is 5.92 Å². The van der Waals surface area contributed by atoms with Crippen LogP contribution in [0.3, 0.4) is 0 Å². The number of benzene rings is 1. The van der Waals surface area contributed by atoms with Gasteiger partial charge in [-0.2, -0.15) is 8.78 Å². The van der Waals surface area contributed by atoms with Gasteiger partial charge in [0.15, 0.2) is 6.10 Å². The standard InChI is InChI=1S/C26H32F2N4O8/c1-16(2)14-39-25(37)31-19-12-13-29-24(36)32(19)23-26(27,28)22(35)18(40-23)15-38-21(34)11-7-6-10-20(33)30-17-8-4-3-5-9-17/h3-5,8-9,12-13,16,18,22-23,35H,6-7,10-11,14-15H2,1-2H3,(H,30,33)(H,31,37)/t18-,22-,23-/m1/s1. The third kappa shape index (κ3) is 8.29. The van der Waals surface area contributed by atoms with Crippen LogP contribution in [-0.2, 0) is 23.8 Å². The Bertz CT molecular complexity index is 1220. The van der Waals surface area contributed by atoms with Crippen LogP contribution < -0.4 is 16.3 Å². The van der Waals surface area contributed by atoms with E-state index >= 15 is 8.78 Å². The Balaban J connectivity index is 1.52. The van der Waals surface area contributed by atoms with Crippen molar-refractivity contribution in [1.82, 2.24) is 9.55 Å². The van der Waals surface area contributed by atoms with Crippen LogP contribution >= 0.6 is 0 Å². The van der Waals surface area contributed by atoms with Crippen LogP contribution in [0, 0.1) is 5.92 Å². The van der Waals surface area contributed by atoms with Crippen molar-refractivity contribution in [2.75, 3.05) is 23.8 Å². The molecule has 2 heterocycles. The van der Waals surface area contributed by atoms with E-state index in [9.17, 15) is 24.3 Å². The number of para-hydroxylation sites is 1. The predicted molar refractivity (Wildman–Crippen MR) is 138 cm³/mol. The number of hydrogen-bond acceptors (Lipinski definition) is 9. The zero-order valence-corrected chi connectivity index (χ0v) is 22.0. The molecule has 1 saturated heterocycles. The fourth-order valence-corrected chi connectivity index (χ4v) is 3.76. The number of halogens is 2. The van der Waals surface area contributed by atoms with Gasteiger partial charge in [0, 0.05) is 24.7 Å². The van der Waals surface area contributed by atoms with Crippen LogP contribution in [0.5, 0.6) is 0 Å². The number of nitrogens with one attached hydrogen (secondary N) is 2. The van der Waals surface area contributed by atoms with Gasteiger partial charge in [-0.25, -0.2) is 19.1 Å². The molecule has 1 aliphatic rings. The molecular weight excluding hydrogens is 534 g/mol. The van der Waals surface area contributed by atoms with Crippen LogP contribution in [-0.4, -0.2) is 64.0 Å². The molecule has 2 amide bonds. The summed E-state index contributed by atoms with van der Waals surface area (Å²) in [6.45, 7) is 2.92. The topological polar surface area (TPSA) is 158 Å². The first kappa shape index (κ1) is 30.6. The molecule has 1 fully saturated rings. The van der Waals surface area contributed by atoms with Crippen LogP contribution in [0.15, 0.2) is 47.4 Å². The van der Waals surface area contributed by atoms with Crippen LogP contribution in [0.4, 0.5) is 25.1 Å². The summed E-state index contributed by atoms with van der Waals surface area (Å²) in [5.74, 6) is -5.35. The third-order valence-electron chi connectivity index (χ3n) is 5.78. The van der Waals surface area contributed by atoms with Gasteiger partial charge in [-0.15, -0.1) is 0 Å². The summed E-state index contributed by atoms with van der Waals surface area (Å²) in [6, 6.07) is 9.96. The summed E-state index contributed by atoms with van der Waals surface area (Å²) in [5.41, 5.74) is -0.521. The van der Waals surface area contributed by atoms with E-state index in [2.05, 4.69) is 15.6 Å². The van der Waals surface area contributed by atoms with Gasteiger partial charge in [-0.05, 0) is 37.0 Å². The van der Waals surface area contributed by atoms with Crippen molar-refractivity contribution in [1.29, 1.82) is 0 Å². The molecule has 3 atom stereocenters. The summed E-state index contributed by atoms with van der Waals surface area (Å²) in [5, 5.41) is 15.1. The second-order valence-electron chi connectivity index (χ2n) is 9.55. The molecule has 1 aromatic heterocycles. The molecular formula is C26H32F2N4O8. The number of aliphatic hydroxyl groups is 1. The zero-order chi connectivity index (χ0) is 29.3. The fourth-order valence-electron chi connectivity index (χ4n) is 3.76. The van der Waals surface area contributed by atoms with Gasteiger partial charge in [0.25, 0.3) is 0 Å². The van der Waals surface area contributed by atoms with Crippen molar-refractivity contribution < 1.29 is 42.5 Å². The van der Waals surface area contributed by atoms with E-state index in [0.717, 1.165) is 12.3 Å². The smallest absolute Gasteiger partial charge is 0.412 e. The number of amides is 2. The molecule has 0 radical (unpaired) electrons. The maximum absolute atomic E-state index is 15.0. The lowest BCUT2D eigenvalue weighted by molar-refractivity contribution is -0.150. The number of unbranched alkanes of at least 4 members (excludes halogenated alkanes) is 1. The number of aliphatic hydroxyl groups excluding tert-OH is 1. The number of nitrogens with zero attached hydrogens (tertiary/aromatic N) is 2. The number of aromatic nitrogens is 2. The van der Waals surface area contributed by atoms with Gasteiger partial charge in [0.2, 0.25) is 12.1 Å². The van der Waals surface area contributed by atoms with E-state index in [1.165, 1.54) is 0 Å². The van der Waals surface area contributed by atoms with E-state index in [-0.39, 0.29) is 37.1 Å². The number of ether oxygens (including phenoxy) is 3. The van der Waals surface area contributed by atoms with Crippen molar-refractivity contribution in [2.45, 2.75) is 63.9 Å². The molecule has 40 heavy (non-hydrogen) atoms. The first-order chi connectivity index (χ1) is 19.0. The highest BCUT2D eigenvalue weighted by Gasteiger charge is 2.60. The Hall–Kier alpha value is -3.91. The number of alkyl halides is 2. The highest BCUT2D eigenvalue weighted by molar-refractivity contribution is 5.90. The Kier molecular flexibility index (Phi) is 10.7. The number of carbonyl (C=O) groups is 3. The van der Waals surface area contributed by atoms with Gasteiger partial charge < -0.3 is 24.6 Å². The summed E-state index contributed by atoms with van der Waals surface area (Å²) >= 11 is 0. The van der Waals surface area contributed by atoms with E-state index in [1.54, 1.807) is 38.1 Å². The van der Waals surface area contributed by atoms with Gasteiger partial charge >= 0.3 is 23.7 Å². The minimum absolute atomic E-state index is 0.00522. The minimum atomic E-state index is -4.01. The monoisotopic (exact) mass is 566 g/mol. The lowest BCUT2D eigenvalue weighted by atomic mass is 10.1. The lowest BCUT2D eigenvalue weighted by Crippen LogP contribution is -2.42. The number of esters is 1. The lowest BCUT2D eigenvalue weighted by Gasteiger charge is -2.23. The summed E-state index contributed by atoms with van der Waals surface area (Å²) < 4.78 is 45.6. The first-order valence-electron chi connectivity index (χ1n) is 12.7. The van der Waals surface area contributed by atoms with Gasteiger partial charge in [-0.1, -0.05) is 32.0 Å². The number of rotatable bonds is 12. The molecule has 218 valence electrons. The van der Waals surface area contributed by atoms with E-state index < -0.39 is 48.7 Å². The van der Waals surface area contributed by atoms with Gasteiger partial charge in [0.1, 0.15) is 18.5 Å². The Morgan fingerprint density at radius 2 is 1.80 bits per heavy atom. The Labute approximate surface area is 228 Å². The molecule has 0 bridgehead atoms. The van der Waals surface area contributed by atoms with Crippen LogP contribution in [0.1, 0.15) is 45.8 Å². The molecule has 0 aliphatic carbocycles. The van der Waals surface area contributed by atoms with E-state index in [0.29, 0.717) is 23.1 Å². The second kappa shape index (κ2) is 13.9. The molecule has 0 saturated carbocycles. The normalized spacial score (nSPS) is 19.7. The average molecular weight is 567 g/mol. The maximum Gasteiger partial charge on any atom is 0.412 e. The van der Waals surface area contributed by atoms with Crippen LogP contribution in [0.25, 0.3) is 0 Å². The molecule has 2 aromatic rings. The Morgan fingerprint density at radius 3 is 2.50 bits per heavy atom. The molecule has 1 aromatic carbocycles. The number of hydrogen-bond donors (Lipinski definition) is 3. The van der Waals surface area contributed by atoms with Gasteiger partial charge in [0.05, 0.1) is 6.61 Å². The molecule has 3 rings (SSSR count). The van der Waals surface area contributed by atoms with Crippen molar-refractivity contribution >= 4 is 29.5 Å². The molecule has 14 heteroatoms. The van der Waals surface area contributed by atoms with Crippen LogP contribution in [0.2, 0.25) is 0 Å². The number of anilines is 2. The minimum Gasteiger partial charge on any atom is -0.463 e. The second-order valence-corrected chi connectivity index (χ2v) is 9.55. The summed E-state index contributed by atoms with van der Waals surface area (Å²) in [7, 11) is 0. The maximum atomic E-state index is 15.0. The van der Waals surface area contributed by atoms with Crippen molar-refractivity contribution in [3.8, 4) is 0 Å². The highest BCUT2D eigenvalue weighted by Crippen LogP contribution is 2.43. The van der Waals surface area contributed by atoms with E-state index in [4.69, 9.17) is 14.2 Å². The zero-order valence-electron chi connectivity index (χ0n) is 22.0. The molecule has 0 spiro atoms. The highest BCUT2D eigenvalue weighted by atomic mass is 19.3.